The zero-order chi connectivity index (χ0) is 48.5. The maximum atomic E-state index is 12.9. The third-order valence-corrected chi connectivity index (χ3v) is 12.0. The van der Waals surface area contributed by atoms with Gasteiger partial charge >= 0.3 is 5.97 Å². The van der Waals surface area contributed by atoms with Crippen LogP contribution in [-0.2, 0) is 23.7 Å². The summed E-state index contributed by atoms with van der Waals surface area (Å²) in [4.78, 5) is 12.9. The number of aliphatic hydroxyl groups is 4. The van der Waals surface area contributed by atoms with E-state index in [1.165, 1.54) is 109 Å². The molecule has 6 unspecified atom stereocenters. The Bertz CT molecular complexity index is 1300. The number of carbonyl (C=O) groups excluding carboxylic acids is 1. The SMILES string of the molecule is CC/C=C\C/C=C\C/C=C\C/C=C\C/C=C\C/C=C\CCCCCCCCCOCC(COC1OC(CO)C(O)C(O)C1O)OC(=O)CCCCCCCCC/C=C\CCCCCCCCC. The van der Waals surface area contributed by atoms with E-state index in [1.807, 2.05) is 0 Å². The fourth-order valence-electron chi connectivity index (χ4n) is 7.84. The van der Waals surface area contributed by atoms with Gasteiger partial charge in [-0.05, 0) is 89.9 Å². The van der Waals surface area contributed by atoms with E-state index >= 15 is 0 Å². The van der Waals surface area contributed by atoms with Crippen LogP contribution < -0.4 is 0 Å². The van der Waals surface area contributed by atoms with Crippen LogP contribution in [0.1, 0.15) is 213 Å². The van der Waals surface area contributed by atoms with Crippen LogP contribution in [0.3, 0.4) is 0 Å². The van der Waals surface area contributed by atoms with Crippen molar-refractivity contribution in [1.29, 1.82) is 0 Å². The second-order valence-corrected chi connectivity index (χ2v) is 18.3. The van der Waals surface area contributed by atoms with Crippen molar-refractivity contribution in [3.05, 3.63) is 85.1 Å². The number of rotatable bonds is 46. The van der Waals surface area contributed by atoms with E-state index in [2.05, 4.69) is 98.9 Å². The second-order valence-electron chi connectivity index (χ2n) is 18.3. The molecule has 9 nitrogen and oxygen atoms in total. The standard InChI is InChI=1S/C58H100O9/c1-3-5-7-9-11-13-15-17-19-21-23-24-25-26-27-28-29-30-32-34-36-38-40-42-44-46-48-64-50-52(51-65-58-57(63)56(62)55(61)53(49-59)67-58)66-54(60)47-45-43-41-39-37-35-33-31-22-20-18-16-14-12-10-8-6-4-2/h5,7,11,13,17,19-20,22-24,26-27,29-30,52-53,55-59,61-63H,3-4,6,8-10,12,14-16,18,21,25,28,31-51H2,1-2H3/b7-5-,13-11-,19-17-,22-20-,24-23-,27-26-,30-29-. The van der Waals surface area contributed by atoms with Crippen LogP contribution in [0.2, 0.25) is 0 Å². The first kappa shape index (κ1) is 62.4. The Morgan fingerprint density at radius 1 is 0.493 bits per heavy atom. The normalized spacial score (nSPS) is 19.9. The Hall–Kier alpha value is -2.63. The fourth-order valence-corrected chi connectivity index (χ4v) is 7.84. The number of esters is 1. The molecule has 67 heavy (non-hydrogen) atoms. The van der Waals surface area contributed by atoms with Gasteiger partial charge in [0.1, 0.15) is 30.5 Å². The first-order valence-corrected chi connectivity index (χ1v) is 27.2. The number of hydrogen-bond acceptors (Lipinski definition) is 9. The Balaban J connectivity index is 2.20. The molecule has 0 saturated carbocycles. The van der Waals surface area contributed by atoms with Crippen LogP contribution in [0.15, 0.2) is 85.1 Å². The lowest BCUT2D eigenvalue weighted by Gasteiger charge is -2.39. The van der Waals surface area contributed by atoms with E-state index in [4.69, 9.17) is 18.9 Å². The van der Waals surface area contributed by atoms with Crippen molar-refractivity contribution < 1.29 is 44.2 Å². The Kier molecular flexibility index (Phi) is 45.1. The monoisotopic (exact) mass is 941 g/mol. The van der Waals surface area contributed by atoms with Gasteiger partial charge in [-0.15, -0.1) is 0 Å². The lowest BCUT2D eigenvalue weighted by atomic mass is 9.99. The minimum atomic E-state index is -1.54. The van der Waals surface area contributed by atoms with Crippen LogP contribution in [0.4, 0.5) is 0 Å². The topological polar surface area (TPSA) is 135 Å². The Morgan fingerprint density at radius 3 is 1.39 bits per heavy atom. The molecule has 6 atom stereocenters. The number of ether oxygens (including phenoxy) is 4. The van der Waals surface area contributed by atoms with Crippen molar-refractivity contribution >= 4 is 5.97 Å². The molecule has 0 aromatic carbocycles. The lowest BCUT2D eigenvalue weighted by molar-refractivity contribution is -0.305. The van der Waals surface area contributed by atoms with E-state index in [1.54, 1.807) is 0 Å². The van der Waals surface area contributed by atoms with E-state index in [0.29, 0.717) is 13.0 Å². The highest BCUT2D eigenvalue weighted by atomic mass is 16.7. The van der Waals surface area contributed by atoms with Gasteiger partial charge in [-0.25, -0.2) is 0 Å². The Morgan fingerprint density at radius 2 is 0.910 bits per heavy atom. The zero-order valence-electron chi connectivity index (χ0n) is 42.6. The first-order chi connectivity index (χ1) is 32.9. The van der Waals surface area contributed by atoms with Crippen LogP contribution in [0.5, 0.6) is 0 Å². The minimum Gasteiger partial charge on any atom is -0.457 e. The zero-order valence-corrected chi connectivity index (χ0v) is 42.6. The van der Waals surface area contributed by atoms with Crippen molar-refractivity contribution in [2.45, 2.75) is 250 Å². The van der Waals surface area contributed by atoms with Gasteiger partial charge in [0, 0.05) is 13.0 Å². The van der Waals surface area contributed by atoms with Crippen molar-refractivity contribution in [3.63, 3.8) is 0 Å². The average Bonchev–Trinajstić information content (AvgIpc) is 3.33. The van der Waals surface area contributed by atoms with Crippen molar-refractivity contribution in [2.24, 2.45) is 0 Å². The molecule has 4 N–H and O–H groups in total. The van der Waals surface area contributed by atoms with Gasteiger partial charge in [0.15, 0.2) is 6.29 Å². The molecule has 1 aliphatic heterocycles. The van der Waals surface area contributed by atoms with E-state index in [-0.39, 0.29) is 19.2 Å². The molecule has 0 bridgehead atoms. The van der Waals surface area contributed by atoms with Gasteiger partial charge in [0.25, 0.3) is 0 Å². The number of carbonyl (C=O) groups is 1. The average molecular weight is 941 g/mol. The quantitative estimate of drug-likeness (QED) is 0.0267. The minimum absolute atomic E-state index is 0.124. The summed E-state index contributed by atoms with van der Waals surface area (Å²) in [6.07, 6.45) is 59.0. The van der Waals surface area contributed by atoms with Gasteiger partial charge in [0.05, 0.1) is 19.8 Å². The molecule has 0 aromatic rings. The van der Waals surface area contributed by atoms with Gasteiger partial charge in [-0.3, -0.25) is 4.79 Å². The van der Waals surface area contributed by atoms with Crippen LogP contribution in [0, 0.1) is 0 Å². The summed E-state index contributed by atoms with van der Waals surface area (Å²) in [5.41, 5.74) is 0. The molecule has 9 heteroatoms. The molecule has 1 saturated heterocycles. The molecule has 1 heterocycles. The molecule has 0 aromatic heterocycles. The predicted octanol–water partition coefficient (Wildman–Crippen LogP) is 13.8. The molecule has 0 radical (unpaired) electrons. The third-order valence-electron chi connectivity index (χ3n) is 12.0. The maximum absolute atomic E-state index is 12.9. The largest absolute Gasteiger partial charge is 0.457 e. The van der Waals surface area contributed by atoms with Gasteiger partial charge in [-0.1, -0.05) is 202 Å². The van der Waals surface area contributed by atoms with Gasteiger partial charge < -0.3 is 39.4 Å². The summed E-state index contributed by atoms with van der Waals surface area (Å²) in [6, 6.07) is 0. The third kappa shape index (κ3) is 38.9. The lowest BCUT2D eigenvalue weighted by Crippen LogP contribution is -2.59. The van der Waals surface area contributed by atoms with Crippen molar-refractivity contribution in [3.8, 4) is 0 Å². The molecule has 1 fully saturated rings. The molecular weight excluding hydrogens is 841 g/mol. The molecule has 0 spiro atoms. The van der Waals surface area contributed by atoms with Crippen LogP contribution in [-0.4, -0.2) is 89.6 Å². The molecule has 1 aliphatic rings. The highest BCUT2D eigenvalue weighted by molar-refractivity contribution is 5.69. The fraction of sp³-hybridized carbons (Fsp3) is 0.741. The van der Waals surface area contributed by atoms with Crippen LogP contribution >= 0.6 is 0 Å². The predicted molar refractivity (Wildman–Crippen MR) is 279 cm³/mol. The molecular formula is C58H100O9. The highest BCUT2D eigenvalue weighted by Gasteiger charge is 2.44. The summed E-state index contributed by atoms with van der Waals surface area (Å²) >= 11 is 0. The van der Waals surface area contributed by atoms with Gasteiger partial charge in [0.2, 0.25) is 0 Å². The van der Waals surface area contributed by atoms with Crippen molar-refractivity contribution in [1.82, 2.24) is 0 Å². The molecule has 0 amide bonds. The van der Waals surface area contributed by atoms with Crippen LogP contribution in [0.25, 0.3) is 0 Å². The summed E-state index contributed by atoms with van der Waals surface area (Å²) < 4.78 is 22.9. The number of unbranched alkanes of at least 4 members (excludes halogenated alkanes) is 21. The summed E-state index contributed by atoms with van der Waals surface area (Å²) in [7, 11) is 0. The van der Waals surface area contributed by atoms with Crippen molar-refractivity contribution in [2.75, 3.05) is 26.4 Å². The number of aliphatic hydroxyl groups excluding tert-OH is 4. The Labute approximate surface area is 410 Å². The maximum Gasteiger partial charge on any atom is 0.306 e. The summed E-state index contributed by atoms with van der Waals surface area (Å²) in [5, 5.41) is 40.3. The second kappa shape index (κ2) is 48.4. The smallest absolute Gasteiger partial charge is 0.306 e. The molecule has 1 rings (SSSR count). The number of hydrogen-bond donors (Lipinski definition) is 4. The summed E-state index contributed by atoms with van der Waals surface area (Å²) in [6.45, 7) is 4.42. The number of allylic oxidation sites excluding steroid dienone is 14. The molecule has 386 valence electrons. The summed E-state index contributed by atoms with van der Waals surface area (Å²) in [5.74, 6) is -0.324. The van der Waals surface area contributed by atoms with Gasteiger partial charge in [-0.2, -0.15) is 0 Å². The van der Waals surface area contributed by atoms with E-state index in [9.17, 15) is 25.2 Å². The first-order valence-electron chi connectivity index (χ1n) is 27.2. The highest BCUT2D eigenvalue weighted by Crippen LogP contribution is 2.23. The van der Waals surface area contributed by atoms with E-state index < -0.39 is 43.4 Å². The molecule has 0 aliphatic carbocycles. The van der Waals surface area contributed by atoms with E-state index in [0.717, 1.165) is 83.5 Å².